The van der Waals surface area contributed by atoms with Crippen LogP contribution in [0.4, 0.5) is 0 Å². The van der Waals surface area contributed by atoms with E-state index in [0.717, 1.165) is 0 Å². The zero-order valence-corrected chi connectivity index (χ0v) is 48.1. The van der Waals surface area contributed by atoms with Gasteiger partial charge in [-0.25, -0.2) is 0 Å². The van der Waals surface area contributed by atoms with Crippen molar-refractivity contribution in [3.8, 4) is 0 Å². The van der Waals surface area contributed by atoms with Gasteiger partial charge in [-0.2, -0.15) is 0 Å². The maximum Gasteiger partial charge on any atom is 0.262 e. The summed E-state index contributed by atoms with van der Waals surface area (Å²) in [6.45, 7) is 25.2. The summed E-state index contributed by atoms with van der Waals surface area (Å²) in [5.74, 6) is 0. The Kier molecular flexibility index (Phi) is 15.9. The Morgan fingerprint density at radius 1 is 0.400 bits per heavy atom. The molecule has 2 aliphatic heterocycles. The number of rotatable bonds is 14. The van der Waals surface area contributed by atoms with E-state index in [-0.39, 0.29) is 25.1 Å². The minimum atomic E-state index is -3.20. The molecule has 0 spiro atoms. The molecule has 0 radical (unpaired) electrons. The van der Waals surface area contributed by atoms with Crippen molar-refractivity contribution in [1.82, 2.24) is 0 Å². The maximum absolute atomic E-state index is 8.35. The number of ether oxygens (including phenoxy) is 3. The molecule has 8 atom stereocenters. The largest absolute Gasteiger partial charge is 0.496 e. The molecule has 6 aromatic carbocycles. The van der Waals surface area contributed by atoms with Gasteiger partial charge in [-0.1, -0.05) is 267 Å². The van der Waals surface area contributed by atoms with Gasteiger partial charge in [-0.05, 0) is 66.2 Å². The lowest BCUT2D eigenvalue weighted by atomic mass is 10.0. The molecule has 8 rings (SSSR count). The summed E-state index contributed by atoms with van der Waals surface area (Å²) in [5, 5.41) is 6.38. The molecular weight excluding hydrogens is 1030 g/mol. The highest BCUT2D eigenvalue weighted by atomic mass is 127. The highest BCUT2D eigenvalue weighted by Gasteiger charge is 2.60. The molecule has 368 valence electrons. The molecule has 1 saturated heterocycles. The minimum absolute atomic E-state index is 0.252. The molecule has 0 aliphatic carbocycles. The first-order chi connectivity index (χ1) is 33.3. The van der Waals surface area contributed by atoms with E-state index >= 15 is 0 Å². The Bertz CT molecular complexity index is 2490. The van der Waals surface area contributed by atoms with Crippen molar-refractivity contribution in [2.75, 3.05) is 0 Å². The first-order valence-electron chi connectivity index (χ1n) is 25.0. The van der Waals surface area contributed by atoms with Gasteiger partial charge >= 0.3 is 0 Å². The van der Waals surface area contributed by atoms with E-state index < -0.39 is 61.8 Å². The fourth-order valence-corrected chi connectivity index (χ4v) is 26.5. The first kappa shape index (κ1) is 52.4. The van der Waals surface area contributed by atoms with Crippen molar-refractivity contribution in [2.24, 2.45) is 0 Å². The van der Waals surface area contributed by atoms with Crippen LogP contribution in [0.5, 0.6) is 0 Å². The van der Waals surface area contributed by atoms with E-state index in [1.54, 1.807) is 6.26 Å². The number of alkyl halides is 1. The van der Waals surface area contributed by atoms with Crippen molar-refractivity contribution >= 4 is 78.7 Å². The van der Waals surface area contributed by atoms with Gasteiger partial charge in [0.15, 0.2) is 6.29 Å². The van der Waals surface area contributed by atoms with Crippen LogP contribution in [0.1, 0.15) is 76.2 Å². The molecule has 0 saturated carbocycles. The van der Waals surface area contributed by atoms with Crippen molar-refractivity contribution in [1.29, 1.82) is 0 Å². The van der Waals surface area contributed by atoms with Crippen LogP contribution in [0.2, 0.25) is 15.1 Å². The molecule has 0 aromatic heterocycles. The molecule has 0 N–H and O–H groups in total. The van der Waals surface area contributed by atoms with Crippen molar-refractivity contribution < 1.29 is 27.5 Å². The van der Waals surface area contributed by atoms with Crippen LogP contribution in [0.3, 0.4) is 0 Å². The molecule has 0 unspecified atom stereocenters. The second-order valence-corrected chi connectivity index (χ2v) is 36.4. The highest BCUT2D eigenvalue weighted by molar-refractivity contribution is 14.1. The van der Waals surface area contributed by atoms with Crippen LogP contribution in [0.25, 0.3) is 0 Å². The van der Waals surface area contributed by atoms with Gasteiger partial charge in [-0.3, -0.25) is 0 Å². The van der Waals surface area contributed by atoms with Crippen LogP contribution in [0.15, 0.2) is 194 Å². The molecule has 10 heteroatoms. The molecule has 6 nitrogen and oxygen atoms in total. The number of hydrogen-bond acceptors (Lipinski definition) is 6. The van der Waals surface area contributed by atoms with Crippen molar-refractivity contribution in [3.63, 3.8) is 0 Å². The molecule has 2 heterocycles. The Morgan fingerprint density at radius 3 is 1.01 bits per heavy atom. The smallest absolute Gasteiger partial charge is 0.262 e. The third kappa shape index (κ3) is 9.94. The predicted molar refractivity (Wildman–Crippen MR) is 304 cm³/mol. The molecule has 70 heavy (non-hydrogen) atoms. The average Bonchev–Trinajstić information content (AvgIpc) is 3.35. The summed E-state index contributed by atoms with van der Waals surface area (Å²) >= 11 is 2.58. The monoisotopic (exact) mass is 1100 g/mol. The third-order valence-corrected chi connectivity index (χ3v) is 30.9. The van der Waals surface area contributed by atoms with E-state index in [1.165, 1.54) is 31.1 Å². The van der Waals surface area contributed by atoms with Gasteiger partial charge in [-0.15, -0.1) is 0 Å². The first-order valence-corrected chi connectivity index (χ1v) is 32.0. The van der Waals surface area contributed by atoms with Gasteiger partial charge in [0.2, 0.25) is 0 Å². The standard InChI is InChI=1S/C60H73IO6Si3/c1-44-54(52(42-43-62-44)65-68(58(3,4)5,46-30-18-12-19-31-46)47-32-20-13-21-33-47)64-57-53(61)56(67-70(60(9,10)11,50-38-26-16-27-39-50)51-40-28-17-29-41-51)55(45(2)63-57)66-69(59(6,7)8,48-34-22-14-23-35-48)49-36-24-15-25-37-49/h12-45,52-57H,1-11H3/t44-,45-,52-,53-,54-,55-,56-,57+/m1/s1. The van der Waals surface area contributed by atoms with E-state index in [1.807, 2.05) is 6.08 Å². The van der Waals surface area contributed by atoms with Gasteiger partial charge in [0, 0.05) is 0 Å². The van der Waals surface area contributed by atoms with Crippen molar-refractivity contribution in [3.05, 3.63) is 194 Å². The van der Waals surface area contributed by atoms with Gasteiger partial charge in [0.05, 0.1) is 34.6 Å². The summed E-state index contributed by atoms with van der Waals surface area (Å²) in [4.78, 5) is 0. The molecule has 0 amide bonds. The van der Waals surface area contributed by atoms with Crippen molar-refractivity contribution in [2.45, 2.75) is 138 Å². The Hall–Kier alpha value is -3.96. The van der Waals surface area contributed by atoms with E-state index in [0.29, 0.717) is 0 Å². The van der Waals surface area contributed by atoms with Crippen LogP contribution in [-0.2, 0) is 27.5 Å². The zero-order valence-electron chi connectivity index (χ0n) is 42.9. The SMILES string of the molecule is C[C@H]1OC=C[C@@H](O[Si](c2ccccc2)(c2ccccc2)C(C)(C)C)[C@@H]1O[C@@H]1O[C@H](C)[C@@H](O[Si](c2ccccc2)(c2ccccc2)C(C)(C)C)[C@H](O[Si](c2ccccc2)(c2ccccc2)C(C)(C)C)[C@H]1I. The fourth-order valence-electron chi connectivity index (χ4n) is 11.2. The quantitative estimate of drug-likeness (QED) is 0.0616. The lowest BCUT2D eigenvalue weighted by molar-refractivity contribution is -0.265. The molecule has 2 aliphatic rings. The van der Waals surface area contributed by atoms with Crippen LogP contribution < -0.4 is 31.1 Å². The molecular formula is C60H73IO6Si3. The van der Waals surface area contributed by atoms with E-state index in [4.69, 9.17) is 27.5 Å². The van der Waals surface area contributed by atoms with Crippen LogP contribution in [0, 0.1) is 0 Å². The normalized spacial score (nSPS) is 23.7. The zero-order chi connectivity index (χ0) is 50.0. The summed E-state index contributed by atoms with van der Waals surface area (Å²) in [6, 6.07) is 65.2. The Labute approximate surface area is 435 Å². The number of hydrogen-bond donors (Lipinski definition) is 0. The van der Waals surface area contributed by atoms with Crippen LogP contribution in [-0.4, -0.2) is 71.8 Å². The van der Waals surface area contributed by atoms with Gasteiger partial charge in [0.1, 0.15) is 12.2 Å². The lowest BCUT2D eigenvalue weighted by Gasteiger charge is -2.54. The summed E-state index contributed by atoms with van der Waals surface area (Å²) < 4.78 is 45.3. The topological polar surface area (TPSA) is 55.4 Å². The molecule has 6 aromatic rings. The maximum atomic E-state index is 8.35. The number of benzene rings is 6. The summed E-state index contributed by atoms with van der Waals surface area (Å²) in [7, 11) is -9.39. The van der Waals surface area contributed by atoms with Gasteiger partial charge in [0.25, 0.3) is 25.0 Å². The lowest BCUT2D eigenvalue weighted by Crippen LogP contribution is -2.74. The molecule has 0 bridgehead atoms. The Balaban J connectivity index is 1.28. The fraction of sp³-hybridized carbons (Fsp3) is 0.367. The number of halogens is 1. The third-order valence-electron chi connectivity index (χ3n) is 14.5. The van der Waals surface area contributed by atoms with Gasteiger partial charge < -0.3 is 27.5 Å². The average molecular weight is 1100 g/mol. The summed E-state index contributed by atoms with van der Waals surface area (Å²) in [5.41, 5.74) is 0. The highest BCUT2D eigenvalue weighted by Crippen LogP contribution is 2.46. The van der Waals surface area contributed by atoms with E-state index in [9.17, 15) is 0 Å². The Morgan fingerprint density at radius 2 is 0.700 bits per heavy atom. The molecule has 1 fully saturated rings. The predicted octanol–water partition coefficient (Wildman–Crippen LogP) is 10.7. The minimum Gasteiger partial charge on any atom is -0.496 e. The van der Waals surface area contributed by atoms with E-state index in [2.05, 4.69) is 281 Å². The second-order valence-electron chi connectivity index (χ2n) is 22.2. The second kappa shape index (κ2) is 21.2. The van der Waals surface area contributed by atoms with Crippen LogP contribution >= 0.6 is 22.6 Å². The summed E-state index contributed by atoms with van der Waals surface area (Å²) in [6.07, 6.45) is 0.345.